The largest absolute Gasteiger partial charge is 0.275 e. The van der Waals surface area contributed by atoms with Crippen molar-refractivity contribution in [3.05, 3.63) is 52.8 Å². The second-order valence-electron chi connectivity index (χ2n) is 5.15. The average Bonchev–Trinajstić information content (AvgIpc) is 2.83. The van der Waals surface area contributed by atoms with Gasteiger partial charge in [0.15, 0.2) is 0 Å². The van der Waals surface area contributed by atoms with Crippen LogP contribution in [-0.4, -0.2) is 9.78 Å². The summed E-state index contributed by atoms with van der Waals surface area (Å²) in [5.74, 6) is 5.78. The maximum atomic E-state index is 5.78. The molecule has 2 rings (SSSR count). The number of hydrogen-bond donors (Lipinski definition) is 2. The molecule has 3 N–H and O–H groups in total. The summed E-state index contributed by atoms with van der Waals surface area (Å²) in [7, 11) is 1.95. The molecule has 0 amide bonds. The van der Waals surface area contributed by atoms with E-state index in [0.717, 1.165) is 24.1 Å². The predicted octanol–water partition coefficient (Wildman–Crippen LogP) is 2.49. The zero-order valence-corrected chi connectivity index (χ0v) is 12.6. The van der Waals surface area contributed by atoms with Gasteiger partial charge < -0.3 is 0 Å². The standard InChI is InChI=1S/C16H24N4/c1-4-6-12-7-9-13(10-8-12)16(18-17)14-11-20(3)19-15(14)5-2/h7-11,16,18H,4-6,17H2,1-3H3. The smallest absolute Gasteiger partial charge is 0.0743 e. The Labute approximate surface area is 121 Å². The van der Waals surface area contributed by atoms with Crippen molar-refractivity contribution >= 4 is 0 Å². The molecule has 0 saturated heterocycles. The lowest BCUT2D eigenvalue weighted by Crippen LogP contribution is -2.29. The van der Waals surface area contributed by atoms with Crippen LogP contribution in [-0.2, 0) is 19.9 Å². The first-order chi connectivity index (χ1) is 9.69. The molecule has 1 aromatic heterocycles. The zero-order chi connectivity index (χ0) is 14.5. The van der Waals surface area contributed by atoms with Gasteiger partial charge in [-0.15, -0.1) is 0 Å². The summed E-state index contributed by atoms with van der Waals surface area (Å²) < 4.78 is 1.85. The fourth-order valence-electron chi connectivity index (χ4n) is 2.60. The molecule has 1 aromatic carbocycles. The Morgan fingerprint density at radius 2 is 1.95 bits per heavy atom. The van der Waals surface area contributed by atoms with E-state index in [0.29, 0.717) is 0 Å². The first-order valence-corrected chi connectivity index (χ1v) is 7.27. The molecule has 1 heterocycles. The summed E-state index contributed by atoms with van der Waals surface area (Å²) in [4.78, 5) is 0. The summed E-state index contributed by atoms with van der Waals surface area (Å²) in [5.41, 5.74) is 7.71. The highest BCUT2D eigenvalue weighted by molar-refractivity contribution is 5.34. The van der Waals surface area contributed by atoms with Crippen LogP contribution in [0, 0.1) is 0 Å². The van der Waals surface area contributed by atoms with Crippen LogP contribution in [0.3, 0.4) is 0 Å². The highest BCUT2D eigenvalue weighted by atomic mass is 15.3. The van der Waals surface area contributed by atoms with Crippen molar-refractivity contribution < 1.29 is 0 Å². The second-order valence-corrected chi connectivity index (χ2v) is 5.15. The second kappa shape index (κ2) is 6.68. The van der Waals surface area contributed by atoms with Crippen LogP contribution < -0.4 is 11.3 Å². The first-order valence-electron chi connectivity index (χ1n) is 7.27. The van der Waals surface area contributed by atoms with Crippen LogP contribution in [0.1, 0.15) is 48.7 Å². The number of hydrogen-bond acceptors (Lipinski definition) is 3. The van der Waals surface area contributed by atoms with Gasteiger partial charge in [0.05, 0.1) is 11.7 Å². The van der Waals surface area contributed by atoms with Crippen molar-refractivity contribution in [3.8, 4) is 0 Å². The monoisotopic (exact) mass is 272 g/mol. The maximum absolute atomic E-state index is 5.78. The molecule has 0 aliphatic carbocycles. The third kappa shape index (κ3) is 3.08. The molecule has 0 radical (unpaired) electrons. The lowest BCUT2D eigenvalue weighted by Gasteiger charge is -2.16. The number of hydrazine groups is 1. The van der Waals surface area contributed by atoms with Gasteiger partial charge in [-0.2, -0.15) is 5.10 Å². The Kier molecular flexibility index (Phi) is 4.93. The Bertz CT molecular complexity index is 542. The Morgan fingerprint density at radius 3 is 2.50 bits per heavy atom. The summed E-state index contributed by atoms with van der Waals surface area (Å²) in [6.45, 7) is 4.31. The SMILES string of the molecule is CCCc1ccc(C(NN)c2cn(C)nc2CC)cc1. The quantitative estimate of drug-likeness (QED) is 0.627. The van der Waals surface area contributed by atoms with E-state index in [2.05, 4.69) is 48.6 Å². The molecular formula is C16H24N4. The fourth-order valence-corrected chi connectivity index (χ4v) is 2.60. The third-order valence-electron chi connectivity index (χ3n) is 3.60. The average molecular weight is 272 g/mol. The predicted molar refractivity (Wildman–Crippen MR) is 82.2 cm³/mol. The van der Waals surface area contributed by atoms with Crippen LogP contribution in [0.2, 0.25) is 0 Å². The molecule has 108 valence electrons. The summed E-state index contributed by atoms with van der Waals surface area (Å²) in [5, 5.41) is 4.49. The topological polar surface area (TPSA) is 55.9 Å². The molecule has 1 unspecified atom stereocenters. The molecule has 1 atom stereocenters. The van der Waals surface area contributed by atoms with Crippen LogP contribution >= 0.6 is 0 Å². The molecule has 0 fully saturated rings. The summed E-state index contributed by atoms with van der Waals surface area (Å²) in [6.07, 6.45) is 5.24. The fraction of sp³-hybridized carbons (Fsp3) is 0.438. The molecular weight excluding hydrogens is 248 g/mol. The molecule has 20 heavy (non-hydrogen) atoms. The normalized spacial score (nSPS) is 12.6. The van der Waals surface area contributed by atoms with E-state index in [9.17, 15) is 0 Å². The van der Waals surface area contributed by atoms with Gasteiger partial charge in [0.2, 0.25) is 0 Å². The van der Waals surface area contributed by atoms with Crippen molar-refractivity contribution in [1.82, 2.24) is 15.2 Å². The number of rotatable bonds is 6. The number of aryl methyl sites for hydroxylation is 3. The summed E-state index contributed by atoms with van der Waals surface area (Å²) in [6, 6.07) is 8.68. The van der Waals surface area contributed by atoms with E-state index in [4.69, 9.17) is 5.84 Å². The Balaban J connectivity index is 2.31. The van der Waals surface area contributed by atoms with E-state index >= 15 is 0 Å². The van der Waals surface area contributed by atoms with E-state index in [1.54, 1.807) is 0 Å². The van der Waals surface area contributed by atoms with Gasteiger partial charge in [-0.25, -0.2) is 5.43 Å². The molecule has 0 aliphatic rings. The maximum Gasteiger partial charge on any atom is 0.0743 e. The number of nitrogens with one attached hydrogen (secondary N) is 1. The van der Waals surface area contributed by atoms with Gasteiger partial charge in [-0.05, 0) is 24.0 Å². The molecule has 0 bridgehead atoms. The van der Waals surface area contributed by atoms with Gasteiger partial charge in [0, 0.05) is 18.8 Å². The molecule has 0 spiro atoms. The van der Waals surface area contributed by atoms with Crippen molar-refractivity contribution in [2.24, 2.45) is 12.9 Å². The highest BCUT2D eigenvalue weighted by Gasteiger charge is 2.18. The lowest BCUT2D eigenvalue weighted by molar-refractivity contribution is 0.631. The third-order valence-corrected chi connectivity index (χ3v) is 3.60. The molecule has 4 nitrogen and oxygen atoms in total. The van der Waals surface area contributed by atoms with E-state index < -0.39 is 0 Å². The highest BCUT2D eigenvalue weighted by Crippen LogP contribution is 2.24. The van der Waals surface area contributed by atoms with Crippen LogP contribution in [0.25, 0.3) is 0 Å². The van der Waals surface area contributed by atoms with Crippen molar-refractivity contribution in [1.29, 1.82) is 0 Å². The summed E-state index contributed by atoms with van der Waals surface area (Å²) >= 11 is 0. The van der Waals surface area contributed by atoms with Crippen molar-refractivity contribution in [3.63, 3.8) is 0 Å². The Morgan fingerprint density at radius 1 is 1.25 bits per heavy atom. The van der Waals surface area contributed by atoms with E-state index in [-0.39, 0.29) is 6.04 Å². The molecule has 2 aromatic rings. The van der Waals surface area contributed by atoms with Gasteiger partial charge in [-0.1, -0.05) is 44.5 Å². The zero-order valence-electron chi connectivity index (χ0n) is 12.6. The number of aromatic nitrogens is 2. The Hall–Kier alpha value is -1.65. The molecule has 0 saturated carbocycles. The minimum Gasteiger partial charge on any atom is -0.275 e. The number of nitrogens with zero attached hydrogens (tertiary/aromatic N) is 2. The molecule has 4 heteroatoms. The van der Waals surface area contributed by atoms with Gasteiger partial charge in [0.25, 0.3) is 0 Å². The number of nitrogens with two attached hydrogens (primary N) is 1. The van der Waals surface area contributed by atoms with Crippen LogP contribution in [0.4, 0.5) is 0 Å². The van der Waals surface area contributed by atoms with Gasteiger partial charge in [-0.3, -0.25) is 10.5 Å². The van der Waals surface area contributed by atoms with E-state index in [1.807, 2.05) is 17.9 Å². The van der Waals surface area contributed by atoms with Crippen LogP contribution in [0.5, 0.6) is 0 Å². The number of benzene rings is 1. The van der Waals surface area contributed by atoms with Crippen LogP contribution in [0.15, 0.2) is 30.5 Å². The van der Waals surface area contributed by atoms with E-state index in [1.165, 1.54) is 17.5 Å². The van der Waals surface area contributed by atoms with Gasteiger partial charge in [0.1, 0.15) is 0 Å². The van der Waals surface area contributed by atoms with Crippen molar-refractivity contribution in [2.45, 2.75) is 39.2 Å². The minimum absolute atomic E-state index is 0.00525. The van der Waals surface area contributed by atoms with Crippen molar-refractivity contribution in [2.75, 3.05) is 0 Å². The minimum atomic E-state index is -0.00525. The lowest BCUT2D eigenvalue weighted by atomic mass is 9.97. The first kappa shape index (κ1) is 14.8. The van der Waals surface area contributed by atoms with Gasteiger partial charge >= 0.3 is 0 Å². The molecule has 0 aliphatic heterocycles.